The lowest BCUT2D eigenvalue weighted by atomic mass is 9.97. The van der Waals surface area contributed by atoms with E-state index in [4.69, 9.17) is 5.11 Å². The van der Waals surface area contributed by atoms with Gasteiger partial charge in [-0.3, -0.25) is 9.69 Å². The summed E-state index contributed by atoms with van der Waals surface area (Å²) >= 11 is 0. The minimum absolute atomic E-state index is 0.298. The van der Waals surface area contributed by atoms with Crippen LogP contribution >= 0.6 is 0 Å². The molecule has 3 nitrogen and oxygen atoms in total. The van der Waals surface area contributed by atoms with Crippen LogP contribution in [0.4, 0.5) is 0 Å². The summed E-state index contributed by atoms with van der Waals surface area (Å²) in [6.07, 6.45) is 6.32. The van der Waals surface area contributed by atoms with Crippen molar-refractivity contribution in [2.45, 2.75) is 71.4 Å². The molecule has 100 valence electrons. The maximum atomic E-state index is 10.6. The maximum absolute atomic E-state index is 10.6. The number of carboxylic acids is 1. The van der Waals surface area contributed by atoms with Gasteiger partial charge in [0.2, 0.25) is 0 Å². The largest absolute Gasteiger partial charge is 0.481 e. The normalized spacial score (nSPS) is 24.8. The van der Waals surface area contributed by atoms with E-state index in [1.54, 1.807) is 0 Å². The van der Waals surface area contributed by atoms with E-state index in [0.29, 0.717) is 18.5 Å². The molecule has 0 saturated heterocycles. The first-order valence-electron chi connectivity index (χ1n) is 7.03. The van der Waals surface area contributed by atoms with E-state index >= 15 is 0 Å². The predicted octanol–water partition coefficient (Wildman–Crippen LogP) is 3.14. The van der Waals surface area contributed by atoms with Gasteiger partial charge < -0.3 is 5.11 Å². The Morgan fingerprint density at radius 2 is 2.12 bits per heavy atom. The second-order valence-electron chi connectivity index (χ2n) is 5.50. The molecule has 1 rings (SSSR count). The molecule has 0 aromatic rings. The lowest BCUT2D eigenvalue weighted by Gasteiger charge is -2.36. The molecule has 0 amide bonds. The van der Waals surface area contributed by atoms with Crippen LogP contribution in [0.15, 0.2) is 0 Å². The lowest BCUT2D eigenvalue weighted by Crippen LogP contribution is -2.43. The molecule has 2 unspecified atom stereocenters. The fraction of sp³-hybridized carbons (Fsp3) is 0.929. The van der Waals surface area contributed by atoms with Crippen LogP contribution in [0, 0.1) is 5.92 Å². The van der Waals surface area contributed by atoms with E-state index in [9.17, 15) is 4.79 Å². The van der Waals surface area contributed by atoms with Gasteiger partial charge in [-0.15, -0.1) is 0 Å². The molecule has 1 N–H and O–H groups in total. The third kappa shape index (κ3) is 4.30. The van der Waals surface area contributed by atoms with E-state index in [1.807, 2.05) is 0 Å². The maximum Gasteiger partial charge on any atom is 0.303 e. The highest BCUT2D eigenvalue weighted by Crippen LogP contribution is 2.33. The van der Waals surface area contributed by atoms with Crippen molar-refractivity contribution < 1.29 is 9.90 Å². The second kappa shape index (κ2) is 7.00. The Hall–Kier alpha value is -0.570. The van der Waals surface area contributed by atoms with Crippen molar-refractivity contribution in [1.29, 1.82) is 0 Å². The average molecular weight is 241 g/mol. The fourth-order valence-corrected chi connectivity index (χ4v) is 3.15. The highest BCUT2D eigenvalue weighted by molar-refractivity contribution is 5.66. The third-order valence-electron chi connectivity index (χ3n) is 4.04. The van der Waals surface area contributed by atoms with Gasteiger partial charge in [0.05, 0.1) is 0 Å². The van der Waals surface area contributed by atoms with Crippen LogP contribution in [0.3, 0.4) is 0 Å². The standard InChI is InChI=1S/C14H27NO2/c1-4-12-7-5-8-13(12)15(11(2)3)10-6-9-14(16)17/h11-13H,4-10H2,1-3H3,(H,16,17). The smallest absolute Gasteiger partial charge is 0.303 e. The Morgan fingerprint density at radius 3 is 2.65 bits per heavy atom. The van der Waals surface area contributed by atoms with Crippen molar-refractivity contribution in [3.8, 4) is 0 Å². The first-order valence-corrected chi connectivity index (χ1v) is 7.03. The van der Waals surface area contributed by atoms with Gasteiger partial charge in [-0.25, -0.2) is 0 Å². The van der Waals surface area contributed by atoms with E-state index in [2.05, 4.69) is 25.7 Å². The van der Waals surface area contributed by atoms with Crippen LogP contribution in [0.25, 0.3) is 0 Å². The van der Waals surface area contributed by atoms with Crippen LogP contribution in [0.1, 0.15) is 59.3 Å². The molecule has 0 spiro atoms. The molecule has 0 aliphatic heterocycles. The van der Waals surface area contributed by atoms with Gasteiger partial charge >= 0.3 is 5.97 Å². The minimum atomic E-state index is -0.674. The Kier molecular flexibility index (Phi) is 5.96. The number of nitrogens with zero attached hydrogens (tertiary/aromatic N) is 1. The number of hydrogen-bond donors (Lipinski definition) is 1. The summed E-state index contributed by atoms with van der Waals surface area (Å²) in [6.45, 7) is 7.67. The first kappa shape index (κ1) is 14.5. The molecule has 3 heteroatoms. The summed E-state index contributed by atoms with van der Waals surface area (Å²) < 4.78 is 0. The minimum Gasteiger partial charge on any atom is -0.481 e. The van der Waals surface area contributed by atoms with Crippen LogP contribution in [-0.2, 0) is 4.79 Å². The number of rotatable bonds is 7. The average Bonchev–Trinajstić information content (AvgIpc) is 2.71. The Morgan fingerprint density at radius 1 is 1.41 bits per heavy atom. The molecular weight excluding hydrogens is 214 g/mol. The summed E-state index contributed by atoms with van der Waals surface area (Å²) in [4.78, 5) is 13.1. The van der Waals surface area contributed by atoms with Gasteiger partial charge in [0, 0.05) is 18.5 Å². The van der Waals surface area contributed by atoms with E-state index in [-0.39, 0.29) is 0 Å². The highest BCUT2D eigenvalue weighted by atomic mass is 16.4. The Balaban J connectivity index is 2.49. The molecular formula is C14H27NO2. The van der Waals surface area contributed by atoms with Gasteiger partial charge in [-0.2, -0.15) is 0 Å². The predicted molar refractivity (Wildman–Crippen MR) is 70.1 cm³/mol. The zero-order valence-corrected chi connectivity index (χ0v) is 11.5. The molecule has 1 aliphatic carbocycles. The summed E-state index contributed by atoms with van der Waals surface area (Å²) in [7, 11) is 0. The lowest BCUT2D eigenvalue weighted by molar-refractivity contribution is -0.137. The van der Waals surface area contributed by atoms with Gasteiger partial charge in [0.1, 0.15) is 0 Å². The van der Waals surface area contributed by atoms with E-state index < -0.39 is 5.97 Å². The Labute approximate surface area is 105 Å². The Bertz CT molecular complexity index is 240. The molecule has 1 saturated carbocycles. The van der Waals surface area contributed by atoms with Crippen LogP contribution < -0.4 is 0 Å². The topological polar surface area (TPSA) is 40.5 Å². The number of aliphatic carboxylic acids is 1. The second-order valence-corrected chi connectivity index (χ2v) is 5.50. The van der Waals surface area contributed by atoms with Gasteiger partial charge in [0.25, 0.3) is 0 Å². The zero-order chi connectivity index (χ0) is 12.8. The van der Waals surface area contributed by atoms with Crippen molar-refractivity contribution in [3.63, 3.8) is 0 Å². The van der Waals surface area contributed by atoms with Crippen LogP contribution in [0.5, 0.6) is 0 Å². The van der Waals surface area contributed by atoms with Crippen molar-refractivity contribution in [2.24, 2.45) is 5.92 Å². The van der Waals surface area contributed by atoms with Crippen LogP contribution in [-0.4, -0.2) is 34.6 Å². The number of carbonyl (C=O) groups is 1. The van der Waals surface area contributed by atoms with Crippen molar-refractivity contribution >= 4 is 5.97 Å². The quantitative estimate of drug-likeness (QED) is 0.744. The van der Waals surface area contributed by atoms with E-state index in [0.717, 1.165) is 18.9 Å². The molecule has 0 aromatic heterocycles. The van der Waals surface area contributed by atoms with Crippen molar-refractivity contribution in [1.82, 2.24) is 4.90 Å². The zero-order valence-electron chi connectivity index (χ0n) is 11.5. The summed E-state index contributed by atoms with van der Waals surface area (Å²) in [6, 6.07) is 1.22. The highest BCUT2D eigenvalue weighted by Gasteiger charge is 2.31. The van der Waals surface area contributed by atoms with E-state index in [1.165, 1.54) is 25.7 Å². The monoisotopic (exact) mass is 241 g/mol. The number of hydrogen-bond acceptors (Lipinski definition) is 2. The molecule has 0 aromatic carbocycles. The van der Waals surface area contributed by atoms with Gasteiger partial charge in [0.15, 0.2) is 0 Å². The molecule has 0 radical (unpaired) electrons. The molecule has 1 fully saturated rings. The number of carboxylic acid groups (broad SMARTS) is 1. The van der Waals surface area contributed by atoms with Gasteiger partial charge in [-0.1, -0.05) is 19.8 Å². The summed E-state index contributed by atoms with van der Waals surface area (Å²) in [5.41, 5.74) is 0. The fourth-order valence-electron chi connectivity index (χ4n) is 3.15. The van der Waals surface area contributed by atoms with Crippen molar-refractivity contribution in [3.05, 3.63) is 0 Å². The SMILES string of the molecule is CCC1CCCC1N(CCCC(=O)O)C(C)C. The summed E-state index contributed by atoms with van der Waals surface area (Å²) in [5.74, 6) is 0.148. The molecule has 1 aliphatic rings. The van der Waals surface area contributed by atoms with Gasteiger partial charge in [-0.05, 0) is 45.6 Å². The third-order valence-corrected chi connectivity index (χ3v) is 4.04. The molecule has 0 heterocycles. The summed E-state index contributed by atoms with van der Waals surface area (Å²) in [5, 5.41) is 8.71. The molecule has 0 bridgehead atoms. The first-order chi connectivity index (χ1) is 8.06. The van der Waals surface area contributed by atoms with Crippen LogP contribution in [0.2, 0.25) is 0 Å². The molecule has 17 heavy (non-hydrogen) atoms. The van der Waals surface area contributed by atoms with Crippen molar-refractivity contribution in [2.75, 3.05) is 6.54 Å². The molecule has 2 atom stereocenters.